The lowest BCUT2D eigenvalue weighted by Gasteiger charge is -2.34. The first-order valence-electron chi connectivity index (χ1n) is 13.1. The Kier molecular flexibility index (Phi) is 11.6. The van der Waals surface area contributed by atoms with Crippen molar-refractivity contribution in [1.82, 2.24) is 10.2 Å². The molecule has 0 heterocycles. The maximum Gasteiger partial charge on any atom is 0.244 e. The summed E-state index contributed by atoms with van der Waals surface area (Å²) in [6.45, 7) is 3.91. The molecule has 0 bridgehead atoms. The van der Waals surface area contributed by atoms with Crippen molar-refractivity contribution < 1.29 is 18.0 Å². The van der Waals surface area contributed by atoms with Crippen molar-refractivity contribution in [2.45, 2.75) is 45.7 Å². The first-order chi connectivity index (χ1) is 19.0. The van der Waals surface area contributed by atoms with Gasteiger partial charge in [0.15, 0.2) is 0 Å². The maximum absolute atomic E-state index is 14.1. The first kappa shape index (κ1) is 31.6. The highest BCUT2D eigenvalue weighted by Crippen LogP contribution is 2.26. The lowest BCUT2D eigenvalue weighted by molar-refractivity contribution is -0.140. The molecule has 0 saturated heterocycles. The van der Waals surface area contributed by atoms with E-state index in [1.165, 1.54) is 4.90 Å². The van der Waals surface area contributed by atoms with E-state index in [0.717, 1.165) is 39.0 Å². The summed E-state index contributed by atoms with van der Waals surface area (Å²) in [5.74, 6) is -0.777. The fourth-order valence-electron chi connectivity index (χ4n) is 4.39. The van der Waals surface area contributed by atoms with Gasteiger partial charge in [0, 0.05) is 29.0 Å². The Hall–Kier alpha value is -2.88. The van der Waals surface area contributed by atoms with Gasteiger partial charge in [0.2, 0.25) is 21.8 Å². The SMILES string of the molecule is CCCCNC(=O)C(Cc1ccccc1)N(Cc1cccc(Br)c1)C(=O)CN(c1ccc(Cl)cc1C)S(C)(=O)=O. The van der Waals surface area contributed by atoms with Crippen molar-refractivity contribution in [2.24, 2.45) is 0 Å². The Labute approximate surface area is 250 Å². The minimum atomic E-state index is -3.85. The molecule has 40 heavy (non-hydrogen) atoms. The Morgan fingerprint density at radius 3 is 2.33 bits per heavy atom. The number of unbranched alkanes of at least 4 members (excludes halogenated alkanes) is 1. The number of rotatable bonds is 13. The molecular formula is C30H35BrClN3O4S. The van der Waals surface area contributed by atoms with Crippen LogP contribution in [0.2, 0.25) is 5.02 Å². The quantitative estimate of drug-likeness (QED) is 0.240. The average Bonchev–Trinajstić information content (AvgIpc) is 2.89. The van der Waals surface area contributed by atoms with Crippen LogP contribution in [-0.2, 0) is 32.6 Å². The molecule has 3 aromatic carbocycles. The molecule has 0 saturated carbocycles. The van der Waals surface area contributed by atoms with Crippen LogP contribution < -0.4 is 9.62 Å². The van der Waals surface area contributed by atoms with Gasteiger partial charge in [-0.15, -0.1) is 0 Å². The van der Waals surface area contributed by atoms with E-state index in [0.29, 0.717) is 22.8 Å². The van der Waals surface area contributed by atoms with E-state index < -0.39 is 28.5 Å². The average molecular weight is 649 g/mol. The van der Waals surface area contributed by atoms with Crippen LogP contribution in [0.4, 0.5) is 5.69 Å². The molecule has 214 valence electrons. The highest BCUT2D eigenvalue weighted by Gasteiger charge is 2.33. The number of nitrogens with one attached hydrogen (secondary N) is 1. The predicted octanol–water partition coefficient (Wildman–Crippen LogP) is 5.73. The zero-order valence-corrected chi connectivity index (χ0v) is 26.1. The second kappa shape index (κ2) is 14.7. The molecule has 0 fully saturated rings. The smallest absolute Gasteiger partial charge is 0.244 e. The van der Waals surface area contributed by atoms with E-state index in [4.69, 9.17) is 11.6 Å². The van der Waals surface area contributed by atoms with Crippen LogP contribution in [0.1, 0.15) is 36.5 Å². The van der Waals surface area contributed by atoms with E-state index in [-0.39, 0.29) is 18.9 Å². The van der Waals surface area contributed by atoms with Gasteiger partial charge >= 0.3 is 0 Å². The largest absolute Gasteiger partial charge is 0.354 e. The number of hydrogen-bond acceptors (Lipinski definition) is 4. The molecule has 0 aromatic heterocycles. The van der Waals surface area contributed by atoms with Crippen LogP contribution in [0.25, 0.3) is 0 Å². The lowest BCUT2D eigenvalue weighted by atomic mass is 10.0. The van der Waals surface area contributed by atoms with Gasteiger partial charge in [-0.3, -0.25) is 13.9 Å². The summed E-state index contributed by atoms with van der Waals surface area (Å²) in [5.41, 5.74) is 2.66. The van der Waals surface area contributed by atoms with Crippen LogP contribution in [0.5, 0.6) is 0 Å². The molecule has 0 aliphatic heterocycles. The summed E-state index contributed by atoms with van der Waals surface area (Å²) < 4.78 is 27.8. The second-order valence-electron chi connectivity index (χ2n) is 9.70. The van der Waals surface area contributed by atoms with Gasteiger partial charge in [-0.05, 0) is 60.4 Å². The molecule has 3 aromatic rings. The third kappa shape index (κ3) is 9.08. The van der Waals surface area contributed by atoms with Gasteiger partial charge in [-0.2, -0.15) is 0 Å². The number of carbonyl (C=O) groups is 2. The molecule has 1 N–H and O–H groups in total. The second-order valence-corrected chi connectivity index (χ2v) is 13.0. The number of halogens is 2. The summed E-state index contributed by atoms with van der Waals surface area (Å²) in [6.07, 6.45) is 3.05. The normalized spacial score (nSPS) is 12.0. The van der Waals surface area contributed by atoms with E-state index >= 15 is 0 Å². The molecule has 3 rings (SSSR count). The first-order valence-corrected chi connectivity index (χ1v) is 16.1. The molecule has 0 radical (unpaired) electrons. The van der Waals surface area contributed by atoms with Gasteiger partial charge in [0.05, 0.1) is 11.9 Å². The number of amides is 2. The van der Waals surface area contributed by atoms with E-state index in [2.05, 4.69) is 21.2 Å². The highest BCUT2D eigenvalue weighted by molar-refractivity contribution is 9.10. The molecule has 0 spiro atoms. The van der Waals surface area contributed by atoms with Crippen molar-refractivity contribution in [2.75, 3.05) is 23.7 Å². The Balaban J connectivity index is 2.05. The van der Waals surface area contributed by atoms with Crippen LogP contribution in [0.15, 0.2) is 77.3 Å². The third-order valence-corrected chi connectivity index (χ3v) is 8.30. The number of aryl methyl sites for hydroxylation is 1. The number of anilines is 1. The lowest BCUT2D eigenvalue weighted by Crippen LogP contribution is -2.53. The zero-order chi connectivity index (χ0) is 29.3. The molecule has 10 heteroatoms. The summed E-state index contributed by atoms with van der Waals surface area (Å²) in [7, 11) is -3.85. The predicted molar refractivity (Wildman–Crippen MR) is 165 cm³/mol. The van der Waals surface area contributed by atoms with Gasteiger partial charge < -0.3 is 10.2 Å². The standard InChI is InChI=1S/C30H35BrClN3O4S/c1-4-5-16-33-30(37)28(19-23-10-7-6-8-11-23)34(20-24-12-9-13-25(31)18-24)29(36)21-35(40(3,38)39)27-15-14-26(32)17-22(27)2/h6-15,17-18,28H,4-5,16,19-21H2,1-3H3,(H,33,37). The summed E-state index contributed by atoms with van der Waals surface area (Å²) in [5, 5.41) is 3.44. The maximum atomic E-state index is 14.1. The monoisotopic (exact) mass is 647 g/mol. The Bertz CT molecular complexity index is 1420. The Morgan fingerprint density at radius 1 is 1.00 bits per heavy atom. The van der Waals surface area contributed by atoms with Crippen LogP contribution in [0, 0.1) is 6.92 Å². The van der Waals surface area contributed by atoms with E-state index in [1.54, 1.807) is 25.1 Å². The zero-order valence-electron chi connectivity index (χ0n) is 22.9. The molecule has 0 aliphatic rings. The fraction of sp³-hybridized carbons (Fsp3) is 0.333. The number of carbonyl (C=O) groups excluding carboxylic acids is 2. The topological polar surface area (TPSA) is 86.8 Å². The van der Waals surface area contributed by atoms with Crippen LogP contribution in [0.3, 0.4) is 0 Å². The van der Waals surface area contributed by atoms with Gasteiger partial charge in [-0.1, -0.05) is 83.3 Å². The molecule has 0 aliphatic carbocycles. The number of nitrogens with zero attached hydrogens (tertiary/aromatic N) is 2. The van der Waals surface area contributed by atoms with Crippen molar-refractivity contribution in [3.05, 3.63) is 99.0 Å². The van der Waals surface area contributed by atoms with E-state index in [1.807, 2.05) is 61.5 Å². The molecule has 7 nitrogen and oxygen atoms in total. The van der Waals surface area contributed by atoms with Crippen LogP contribution in [-0.4, -0.2) is 50.5 Å². The molecular weight excluding hydrogens is 614 g/mol. The molecule has 2 amide bonds. The summed E-state index contributed by atoms with van der Waals surface area (Å²) in [6, 6.07) is 20.9. The van der Waals surface area contributed by atoms with Gasteiger partial charge in [0.1, 0.15) is 12.6 Å². The van der Waals surface area contributed by atoms with Crippen molar-refractivity contribution in [1.29, 1.82) is 0 Å². The van der Waals surface area contributed by atoms with Gasteiger partial charge in [0.25, 0.3) is 0 Å². The van der Waals surface area contributed by atoms with E-state index in [9.17, 15) is 18.0 Å². The molecule has 1 unspecified atom stereocenters. The minimum Gasteiger partial charge on any atom is -0.354 e. The summed E-state index contributed by atoms with van der Waals surface area (Å²) >= 11 is 9.59. The minimum absolute atomic E-state index is 0.119. The summed E-state index contributed by atoms with van der Waals surface area (Å²) in [4.78, 5) is 29.2. The van der Waals surface area contributed by atoms with Crippen molar-refractivity contribution >= 4 is 55.1 Å². The van der Waals surface area contributed by atoms with Crippen LogP contribution >= 0.6 is 27.5 Å². The molecule has 1 atom stereocenters. The fourth-order valence-corrected chi connectivity index (χ4v) is 5.97. The Morgan fingerprint density at radius 2 is 1.70 bits per heavy atom. The van der Waals surface area contributed by atoms with Gasteiger partial charge in [-0.25, -0.2) is 8.42 Å². The number of sulfonamides is 1. The van der Waals surface area contributed by atoms with Crippen molar-refractivity contribution in [3.8, 4) is 0 Å². The highest BCUT2D eigenvalue weighted by atomic mass is 79.9. The third-order valence-electron chi connectivity index (χ3n) is 6.45. The van der Waals surface area contributed by atoms with Crippen molar-refractivity contribution in [3.63, 3.8) is 0 Å². The number of hydrogen-bond donors (Lipinski definition) is 1. The number of benzene rings is 3.